The van der Waals surface area contributed by atoms with Crippen LogP contribution < -0.4 is 15.5 Å². The van der Waals surface area contributed by atoms with Crippen LogP contribution in [-0.4, -0.2) is 62.7 Å². The number of fused-ring (bicyclic) bond motifs is 1. The van der Waals surface area contributed by atoms with E-state index in [2.05, 4.69) is 35.1 Å². The molecule has 4 heterocycles. The zero-order chi connectivity index (χ0) is 22.0. The maximum atomic E-state index is 12.4. The zero-order valence-corrected chi connectivity index (χ0v) is 16.7. The van der Waals surface area contributed by atoms with E-state index in [-0.39, 0.29) is 5.95 Å². The van der Waals surface area contributed by atoms with Crippen LogP contribution in [0.5, 0.6) is 0 Å². The molecule has 1 fully saturated rings. The van der Waals surface area contributed by atoms with Gasteiger partial charge in [-0.05, 0) is 19.8 Å². The fourth-order valence-corrected chi connectivity index (χ4v) is 3.42. The van der Waals surface area contributed by atoms with E-state index in [0.29, 0.717) is 17.2 Å². The van der Waals surface area contributed by atoms with Crippen LogP contribution in [0.1, 0.15) is 19.8 Å². The van der Waals surface area contributed by atoms with Gasteiger partial charge in [-0.1, -0.05) is 0 Å². The molecule has 1 saturated heterocycles. The molecule has 1 amide bonds. The second kappa shape index (κ2) is 8.36. The standard InChI is InChI=1S/C19H21F3N8O/c1-11(17(31)25-9-19(20,21)22)27-18-28-14(6-15(29-18)30-4-2-3-5-30)12-8-24-16-13(12)7-23-10-26-16/h6-8,10-11H,2-5,9H2,1H3,(H,25,31)(H,23,24,26)(H,27,28,29). The molecule has 0 aliphatic carbocycles. The molecule has 12 heteroatoms. The van der Waals surface area contributed by atoms with Crippen molar-refractivity contribution < 1.29 is 18.0 Å². The summed E-state index contributed by atoms with van der Waals surface area (Å²) >= 11 is 0. The summed E-state index contributed by atoms with van der Waals surface area (Å²) in [6.07, 6.45) is 2.47. The molecule has 9 nitrogen and oxygen atoms in total. The third-order valence-corrected chi connectivity index (χ3v) is 4.98. The summed E-state index contributed by atoms with van der Waals surface area (Å²) in [4.78, 5) is 34.5. The number of amides is 1. The smallest absolute Gasteiger partial charge is 0.356 e. The van der Waals surface area contributed by atoms with Gasteiger partial charge in [0.05, 0.1) is 5.69 Å². The minimum Gasteiger partial charge on any atom is -0.356 e. The summed E-state index contributed by atoms with van der Waals surface area (Å²) in [5, 5.41) is 5.46. The lowest BCUT2D eigenvalue weighted by Gasteiger charge is -2.20. The Bertz CT molecular complexity index is 1080. The molecule has 0 aromatic carbocycles. The Balaban J connectivity index is 1.63. The maximum absolute atomic E-state index is 12.4. The molecular weight excluding hydrogens is 413 g/mol. The van der Waals surface area contributed by atoms with Crippen molar-refractivity contribution in [2.24, 2.45) is 0 Å². The quantitative estimate of drug-likeness (QED) is 0.547. The Labute approximate surface area is 175 Å². The van der Waals surface area contributed by atoms with E-state index in [1.54, 1.807) is 12.4 Å². The number of aromatic amines is 1. The molecule has 3 N–H and O–H groups in total. The van der Waals surface area contributed by atoms with Crippen LogP contribution in [0.15, 0.2) is 24.8 Å². The molecule has 3 aromatic heterocycles. The highest BCUT2D eigenvalue weighted by Gasteiger charge is 2.29. The van der Waals surface area contributed by atoms with Gasteiger partial charge in [0.1, 0.15) is 30.4 Å². The van der Waals surface area contributed by atoms with Crippen molar-refractivity contribution in [2.45, 2.75) is 32.0 Å². The normalized spacial score (nSPS) is 15.3. The molecule has 164 valence electrons. The maximum Gasteiger partial charge on any atom is 0.405 e. The number of anilines is 2. The van der Waals surface area contributed by atoms with Crippen molar-refractivity contribution in [3.05, 3.63) is 24.8 Å². The van der Waals surface area contributed by atoms with Gasteiger partial charge >= 0.3 is 6.18 Å². The number of carbonyl (C=O) groups excluding carboxylic acids is 1. The SMILES string of the molecule is CC(Nc1nc(-c2c[nH]c3ncncc23)cc(N2CCCC2)n1)C(=O)NCC(F)(F)F. The number of nitrogens with zero attached hydrogens (tertiary/aromatic N) is 5. The van der Waals surface area contributed by atoms with Crippen molar-refractivity contribution in [2.75, 3.05) is 29.9 Å². The summed E-state index contributed by atoms with van der Waals surface area (Å²) < 4.78 is 37.2. The molecule has 1 unspecified atom stereocenters. The largest absolute Gasteiger partial charge is 0.405 e. The summed E-state index contributed by atoms with van der Waals surface area (Å²) in [6, 6.07) is 0.885. The molecule has 31 heavy (non-hydrogen) atoms. The highest BCUT2D eigenvalue weighted by molar-refractivity contribution is 5.92. The van der Waals surface area contributed by atoms with E-state index >= 15 is 0 Å². The van der Waals surface area contributed by atoms with Crippen molar-refractivity contribution >= 4 is 28.7 Å². The third-order valence-electron chi connectivity index (χ3n) is 4.98. The molecule has 0 bridgehead atoms. The number of hydrogen-bond donors (Lipinski definition) is 3. The fraction of sp³-hybridized carbons (Fsp3) is 0.421. The van der Waals surface area contributed by atoms with Crippen LogP contribution in [0.2, 0.25) is 0 Å². The Morgan fingerprint density at radius 1 is 1.29 bits per heavy atom. The monoisotopic (exact) mass is 434 g/mol. The molecule has 1 aliphatic rings. The van der Waals surface area contributed by atoms with Crippen LogP contribution >= 0.6 is 0 Å². The highest BCUT2D eigenvalue weighted by Crippen LogP contribution is 2.30. The summed E-state index contributed by atoms with van der Waals surface area (Å²) in [6.45, 7) is 1.74. The molecule has 3 aromatic rings. The van der Waals surface area contributed by atoms with E-state index in [1.165, 1.54) is 13.3 Å². The summed E-state index contributed by atoms with van der Waals surface area (Å²) in [5.74, 6) is 0.0360. The Hall–Kier alpha value is -3.44. The molecule has 1 aliphatic heterocycles. The van der Waals surface area contributed by atoms with E-state index in [0.717, 1.165) is 36.9 Å². The number of nitrogens with one attached hydrogen (secondary N) is 3. The minimum absolute atomic E-state index is 0.153. The van der Waals surface area contributed by atoms with Crippen LogP contribution in [0, 0.1) is 0 Å². The Kier molecular flexibility index (Phi) is 5.61. The molecular formula is C19H21F3N8O. The van der Waals surface area contributed by atoms with Crippen LogP contribution in [0.25, 0.3) is 22.3 Å². The van der Waals surface area contributed by atoms with Gasteiger partial charge in [0.2, 0.25) is 11.9 Å². The zero-order valence-electron chi connectivity index (χ0n) is 16.7. The van der Waals surface area contributed by atoms with E-state index in [9.17, 15) is 18.0 Å². The van der Waals surface area contributed by atoms with Crippen LogP contribution in [0.3, 0.4) is 0 Å². The van der Waals surface area contributed by atoms with Gasteiger partial charge in [0.15, 0.2) is 0 Å². The van der Waals surface area contributed by atoms with Gasteiger partial charge < -0.3 is 20.5 Å². The van der Waals surface area contributed by atoms with Gasteiger partial charge in [-0.2, -0.15) is 18.2 Å². The average molecular weight is 434 g/mol. The average Bonchev–Trinajstić information content (AvgIpc) is 3.41. The van der Waals surface area contributed by atoms with Crippen molar-refractivity contribution in [3.63, 3.8) is 0 Å². The van der Waals surface area contributed by atoms with Gasteiger partial charge in [-0.25, -0.2) is 15.0 Å². The number of H-pyrrole nitrogens is 1. The lowest BCUT2D eigenvalue weighted by molar-refractivity contribution is -0.138. The highest BCUT2D eigenvalue weighted by atomic mass is 19.4. The van der Waals surface area contributed by atoms with E-state index in [4.69, 9.17) is 0 Å². The molecule has 4 rings (SSSR count). The molecule has 1 atom stereocenters. The Morgan fingerprint density at radius 3 is 2.81 bits per heavy atom. The van der Waals surface area contributed by atoms with Crippen molar-refractivity contribution in [1.82, 2.24) is 30.2 Å². The molecule has 0 spiro atoms. The second-order valence-electron chi connectivity index (χ2n) is 7.32. The van der Waals surface area contributed by atoms with Gasteiger partial charge in [-0.15, -0.1) is 0 Å². The van der Waals surface area contributed by atoms with Crippen LogP contribution in [0.4, 0.5) is 24.9 Å². The van der Waals surface area contributed by atoms with Crippen LogP contribution in [-0.2, 0) is 4.79 Å². The first-order valence-electron chi connectivity index (χ1n) is 9.82. The first-order valence-corrected chi connectivity index (χ1v) is 9.82. The van der Waals surface area contributed by atoms with E-state index < -0.39 is 24.7 Å². The lowest BCUT2D eigenvalue weighted by atomic mass is 10.1. The van der Waals surface area contributed by atoms with Gasteiger partial charge in [-0.3, -0.25) is 4.79 Å². The number of hydrogen-bond acceptors (Lipinski definition) is 7. The number of aromatic nitrogens is 5. The molecule has 0 saturated carbocycles. The second-order valence-corrected chi connectivity index (χ2v) is 7.32. The number of rotatable bonds is 6. The number of alkyl halides is 3. The number of halogens is 3. The molecule has 0 radical (unpaired) electrons. The topological polar surface area (TPSA) is 112 Å². The predicted octanol–water partition coefficient (Wildman–Crippen LogP) is 2.49. The predicted molar refractivity (Wildman–Crippen MR) is 109 cm³/mol. The fourth-order valence-electron chi connectivity index (χ4n) is 3.42. The van der Waals surface area contributed by atoms with E-state index in [1.807, 2.05) is 11.4 Å². The first-order chi connectivity index (χ1) is 14.8. The minimum atomic E-state index is -4.48. The van der Waals surface area contributed by atoms with Crippen molar-refractivity contribution in [1.29, 1.82) is 0 Å². The number of carbonyl (C=O) groups is 1. The van der Waals surface area contributed by atoms with Gasteiger partial charge in [0.25, 0.3) is 0 Å². The summed E-state index contributed by atoms with van der Waals surface area (Å²) in [5.41, 5.74) is 2.00. The first kappa shape index (κ1) is 20.8. The van der Waals surface area contributed by atoms with Crippen molar-refractivity contribution in [3.8, 4) is 11.3 Å². The van der Waals surface area contributed by atoms with Gasteiger partial charge in [0, 0.05) is 42.5 Å². The Morgan fingerprint density at radius 2 is 2.06 bits per heavy atom. The summed E-state index contributed by atoms with van der Waals surface area (Å²) in [7, 11) is 0. The lowest BCUT2D eigenvalue weighted by Crippen LogP contribution is -2.42. The third kappa shape index (κ3) is 4.84.